The lowest BCUT2D eigenvalue weighted by Gasteiger charge is -2.00. The zero-order valence-electron chi connectivity index (χ0n) is 7.54. The van der Waals surface area contributed by atoms with Gasteiger partial charge in [0.2, 0.25) is 0 Å². The smallest absolute Gasteiger partial charge is 0.408 e. The Hall–Kier alpha value is -1.56. The number of H-pyrrole nitrogens is 1. The van der Waals surface area contributed by atoms with Crippen molar-refractivity contribution in [2.45, 2.75) is 6.54 Å². The summed E-state index contributed by atoms with van der Waals surface area (Å²) in [6, 6.07) is 5.22. The van der Waals surface area contributed by atoms with E-state index in [-0.39, 0.29) is 4.82 Å². The highest BCUT2D eigenvalue weighted by Crippen LogP contribution is 2.11. The van der Waals surface area contributed by atoms with Crippen LogP contribution in [-0.2, 0) is 6.54 Å². The number of nitrogens with one attached hydrogen (secondary N) is 2. The Morgan fingerprint density at radius 1 is 1.53 bits per heavy atom. The van der Waals surface area contributed by atoms with E-state index in [1.54, 1.807) is 18.2 Å². The number of carbonyl (C=O) groups is 1. The van der Waals surface area contributed by atoms with Gasteiger partial charge < -0.3 is 9.73 Å². The van der Waals surface area contributed by atoms with Gasteiger partial charge in [-0.3, -0.25) is 9.78 Å². The van der Waals surface area contributed by atoms with Crippen molar-refractivity contribution >= 4 is 31.8 Å². The lowest BCUT2D eigenvalue weighted by atomic mass is 10.2. The van der Waals surface area contributed by atoms with Crippen LogP contribution in [0.15, 0.2) is 27.4 Å². The summed E-state index contributed by atoms with van der Waals surface area (Å²) in [5, 5.41) is 2.59. The zero-order chi connectivity index (χ0) is 10.8. The van der Waals surface area contributed by atoms with Crippen LogP contribution in [0.3, 0.4) is 0 Å². The maximum absolute atomic E-state index is 10.9. The molecule has 0 unspecified atom stereocenters. The SMILES string of the molecule is O=C(Br)NCc1ccc2oc(=O)[nH]c2c1. The Kier molecular flexibility index (Phi) is 2.59. The molecule has 0 saturated carbocycles. The molecule has 0 fully saturated rings. The third kappa shape index (κ3) is 2.27. The molecule has 2 N–H and O–H groups in total. The van der Waals surface area contributed by atoms with Crippen LogP contribution in [0.2, 0.25) is 0 Å². The number of amides is 1. The number of aromatic amines is 1. The molecule has 1 aromatic carbocycles. The summed E-state index contributed by atoms with van der Waals surface area (Å²) in [4.78, 5) is 23.7. The maximum Gasteiger partial charge on any atom is 0.417 e. The van der Waals surface area contributed by atoms with Gasteiger partial charge in [0.05, 0.1) is 5.52 Å². The molecule has 0 aliphatic heterocycles. The minimum Gasteiger partial charge on any atom is -0.408 e. The Morgan fingerprint density at radius 2 is 2.33 bits per heavy atom. The fourth-order valence-corrected chi connectivity index (χ4v) is 1.42. The highest BCUT2D eigenvalue weighted by Gasteiger charge is 2.02. The molecule has 6 heteroatoms. The number of oxazole rings is 1. The van der Waals surface area contributed by atoms with Crippen LogP contribution in [0, 0.1) is 0 Å². The van der Waals surface area contributed by atoms with Gasteiger partial charge in [0.25, 0.3) is 4.82 Å². The molecular formula is C9H7BrN2O3. The van der Waals surface area contributed by atoms with Crippen LogP contribution in [-0.4, -0.2) is 9.80 Å². The molecule has 78 valence electrons. The number of benzene rings is 1. The van der Waals surface area contributed by atoms with E-state index in [1.165, 1.54) is 0 Å². The average molecular weight is 271 g/mol. The van der Waals surface area contributed by atoms with E-state index in [2.05, 4.69) is 26.2 Å². The number of hydrogen-bond acceptors (Lipinski definition) is 3. The molecule has 0 saturated heterocycles. The van der Waals surface area contributed by atoms with Gasteiger partial charge in [0.15, 0.2) is 5.58 Å². The highest BCUT2D eigenvalue weighted by atomic mass is 79.9. The summed E-state index contributed by atoms with van der Waals surface area (Å²) in [6.07, 6.45) is 0. The lowest BCUT2D eigenvalue weighted by Crippen LogP contribution is -2.14. The van der Waals surface area contributed by atoms with Crippen LogP contribution >= 0.6 is 15.9 Å². The molecule has 0 bridgehead atoms. The van der Waals surface area contributed by atoms with Crippen molar-refractivity contribution in [1.29, 1.82) is 0 Å². The quantitative estimate of drug-likeness (QED) is 0.645. The minimum absolute atomic E-state index is 0.275. The van der Waals surface area contributed by atoms with E-state index in [0.29, 0.717) is 17.6 Å². The van der Waals surface area contributed by atoms with Crippen LogP contribution in [0.4, 0.5) is 4.79 Å². The van der Waals surface area contributed by atoms with Crippen LogP contribution < -0.4 is 11.1 Å². The predicted molar refractivity (Wildman–Crippen MR) is 58.0 cm³/mol. The fourth-order valence-electron chi connectivity index (χ4n) is 1.28. The van der Waals surface area contributed by atoms with Gasteiger partial charge in [0.1, 0.15) is 0 Å². The van der Waals surface area contributed by atoms with Crippen LogP contribution in [0.25, 0.3) is 11.1 Å². The molecule has 2 aromatic rings. The monoisotopic (exact) mass is 270 g/mol. The Morgan fingerprint density at radius 3 is 3.07 bits per heavy atom. The van der Waals surface area contributed by atoms with Crippen molar-refractivity contribution in [2.75, 3.05) is 0 Å². The van der Waals surface area contributed by atoms with Gasteiger partial charge in [-0.25, -0.2) is 4.79 Å². The number of rotatable bonds is 2. The van der Waals surface area contributed by atoms with E-state index in [4.69, 9.17) is 4.42 Å². The minimum atomic E-state index is -0.480. The molecule has 2 rings (SSSR count). The Labute approximate surface area is 92.6 Å². The molecule has 0 radical (unpaired) electrons. The van der Waals surface area contributed by atoms with E-state index in [9.17, 15) is 9.59 Å². The van der Waals surface area contributed by atoms with E-state index >= 15 is 0 Å². The largest absolute Gasteiger partial charge is 0.417 e. The van der Waals surface area contributed by atoms with Crippen molar-refractivity contribution in [3.8, 4) is 0 Å². The van der Waals surface area contributed by atoms with Gasteiger partial charge in [0, 0.05) is 22.5 Å². The molecule has 1 aromatic heterocycles. The van der Waals surface area contributed by atoms with Crippen LogP contribution in [0.5, 0.6) is 0 Å². The normalized spacial score (nSPS) is 10.5. The molecule has 1 heterocycles. The third-order valence-corrected chi connectivity index (χ3v) is 2.20. The second-order valence-electron chi connectivity index (χ2n) is 2.97. The first kappa shape index (κ1) is 9.97. The topological polar surface area (TPSA) is 75.1 Å². The van der Waals surface area contributed by atoms with Crippen molar-refractivity contribution in [1.82, 2.24) is 10.3 Å². The molecule has 0 aliphatic rings. The molecule has 1 amide bonds. The summed E-state index contributed by atoms with van der Waals surface area (Å²) in [6.45, 7) is 0.396. The molecular weight excluding hydrogens is 264 g/mol. The van der Waals surface area contributed by atoms with Crippen molar-refractivity contribution in [3.05, 3.63) is 34.3 Å². The lowest BCUT2D eigenvalue weighted by molar-refractivity contribution is 0.261. The van der Waals surface area contributed by atoms with Crippen LogP contribution in [0.1, 0.15) is 5.56 Å². The number of aromatic nitrogens is 1. The van der Waals surface area contributed by atoms with Crippen molar-refractivity contribution in [2.24, 2.45) is 0 Å². The molecule has 15 heavy (non-hydrogen) atoms. The summed E-state index contributed by atoms with van der Waals surface area (Å²) in [5.74, 6) is -0.480. The van der Waals surface area contributed by atoms with Crippen molar-refractivity contribution in [3.63, 3.8) is 0 Å². The van der Waals surface area contributed by atoms with E-state index in [0.717, 1.165) is 5.56 Å². The average Bonchev–Trinajstić information content (AvgIpc) is 2.53. The first-order valence-corrected chi connectivity index (χ1v) is 4.99. The second-order valence-corrected chi connectivity index (χ2v) is 3.69. The second kappa shape index (κ2) is 3.90. The summed E-state index contributed by atoms with van der Waals surface area (Å²) >= 11 is 2.76. The zero-order valence-corrected chi connectivity index (χ0v) is 9.13. The molecule has 5 nitrogen and oxygen atoms in total. The van der Waals surface area contributed by atoms with E-state index < -0.39 is 5.76 Å². The fraction of sp³-hybridized carbons (Fsp3) is 0.111. The first-order chi connectivity index (χ1) is 7.15. The van der Waals surface area contributed by atoms with Gasteiger partial charge in [-0.05, 0) is 17.7 Å². The first-order valence-electron chi connectivity index (χ1n) is 4.20. The number of carbonyl (C=O) groups excluding carboxylic acids is 1. The molecule has 0 spiro atoms. The van der Waals surface area contributed by atoms with Gasteiger partial charge >= 0.3 is 5.76 Å². The van der Waals surface area contributed by atoms with Gasteiger partial charge in [-0.1, -0.05) is 6.07 Å². The number of hydrogen-bond donors (Lipinski definition) is 2. The Bertz CT molecular complexity index is 558. The van der Waals surface area contributed by atoms with Gasteiger partial charge in [-0.15, -0.1) is 0 Å². The standard InChI is InChI=1S/C9H7BrN2O3/c10-8(13)11-4-5-1-2-7-6(3-5)12-9(14)15-7/h1-3H,4H2,(H,11,13)(H,12,14). The van der Waals surface area contributed by atoms with E-state index in [1.807, 2.05) is 0 Å². The highest BCUT2D eigenvalue weighted by molar-refractivity contribution is 9.18. The molecule has 0 atom stereocenters. The number of halogens is 1. The Balaban J connectivity index is 2.30. The molecule has 0 aliphatic carbocycles. The van der Waals surface area contributed by atoms with Gasteiger partial charge in [-0.2, -0.15) is 0 Å². The van der Waals surface area contributed by atoms with Crippen molar-refractivity contribution < 1.29 is 9.21 Å². The summed E-state index contributed by atoms with van der Waals surface area (Å²) in [5.41, 5.74) is 2.02. The predicted octanol–water partition coefficient (Wildman–Crippen LogP) is 1.73. The third-order valence-electron chi connectivity index (χ3n) is 1.91. The summed E-state index contributed by atoms with van der Waals surface area (Å²) in [7, 11) is 0. The number of fused-ring (bicyclic) bond motifs is 1. The maximum atomic E-state index is 10.9. The summed E-state index contributed by atoms with van der Waals surface area (Å²) < 4.78 is 4.84.